The van der Waals surface area contributed by atoms with Gasteiger partial charge in [-0.3, -0.25) is 4.79 Å². The average Bonchev–Trinajstić information content (AvgIpc) is 3.58. The third-order valence-electron chi connectivity index (χ3n) is 6.14. The molecule has 2 aliphatic rings. The number of amides is 1. The summed E-state index contributed by atoms with van der Waals surface area (Å²) in [6, 6.07) is 8.93. The Morgan fingerprint density at radius 3 is 2.50 bits per heavy atom. The fraction of sp³-hybridized carbons (Fsp3) is 0.259. The van der Waals surface area contributed by atoms with Crippen LogP contribution < -0.4 is 14.8 Å². The van der Waals surface area contributed by atoms with Gasteiger partial charge in [0, 0.05) is 5.70 Å². The maximum absolute atomic E-state index is 13.4. The summed E-state index contributed by atoms with van der Waals surface area (Å²) in [5.41, 5.74) is 1.30. The van der Waals surface area contributed by atoms with Crippen LogP contribution in [0.1, 0.15) is 53.2 Å². The summed E-state index contributed by atoms with van der Waals surface area (Å²) in [5.74, 6) is -1.69. The van der Waals surface area contributed by atoms with E-state index in [4.69, 9.17) is 0 Å². The molecule has 0 bridgehead atoms. The maximum atomic E-state index is 13.4. The molecule has 1 fully saturated rings. The van der Waals surface area contributed by atoms with Crippen LogP contribution in [0.25, 0.3) is 5.57 Å². The van der Waals surface area contributed by atoms with Crippen molar-refractivity contribution >= 4 is 17.4 Å². The SMILES string of the molecule is C=C(/C=C(\C=C/CC)NC(=O)C1(c2ccc3c(c2)OC(F)(F)O3)CC1)c1ccc(CO)c(C(=O)O)c1. The Hall–Kier alpha value is -3.98. The zero-order valence-electron chi connectivity index (χ0n) is 19.5. The van der Waals surface area contributed by atoms with Crippen molar-refractivity contribution in [3.8, 4) is 11.5 Å². The van der Waals surface area contributed by atoms with Crippen molar-refractivity contribution in [1.29, 1.82) is 0 Å². The largest absolute Gasteiger partial charge is 0.586 e. The number of aliphatic hydroxyl groups excluding tert-OH is 1. The zero-order valence-corrected chi connectivity index (χ0v) is 19.5. The highest BCUT2D eigenvalue weighted by Gasteiger charge is 2.52. The number of carboxylic acid groups (broad SMARTS) is 1. The lowest BCUT2D eigenvalue weighted by atomic mass is 9.94. The van der Waals surface area contributed by atoms with Crippen LogP contribution in [-0.2, 0) is 16.8 Å². The first-order chi connectivity index (χ1) is 17.1. The van der Waals surface area contributed by atoms with Crippen molar-refractivity contribution in [2.45, 2.75) is 44.5 Å². The number of rotatable bonds is 9. The summed E-state index contributed by atoms with van der Waals surface area (Å²) in [7, 11) is 0. The summed E-state index contributed by atoms with van der Waals surface area (Å²) in [6.07, 6.45) is 3.22. The van der Waals surface area contributed by atoms with Crippen LogP contribution >= 0.6 is 0 Å². The van der Waals surface area contributed by atoms with Crippen LogP contribution in [0.5, 0.6) is 11.5 Å². The third kappa shape index (κ3) is 5.01. The van der Waals surface area contributed by atoms with E-state index in [0.717, 1.165) is 0 Å². The maximum Gasteiger partial charge on any atom is 0.586 e. The Balaban J connectivity index is 1.58. The number of ether oxygens (including phenoxy) is 2. The van der Waals surface area contributed by atoms with Crippen LogP contribution in [0.4, 0.5) is 8.78 Å². The molecular weight excluding hydrogens is 472 g/mol. The van der Waals surface area contributed by atoms with Gasteiger partial charge in [0.05, 0.1) is 17.6 Å². The number of aliphatic hydroxyl groups is 1. The molecule has 9 heteroatoms. The standard InChI is InChI=1S/C27H25F2NO6/c1-3-4-5-20(12-16(2)17-6-7-18(15-31)21(13-17)24(32)33)30-25(34)26(10-11-26)19-8-9-22-23(14-19)36-27(28,29)35-22/h4-9,12-14,31H,2-3,10-11,15H2,1H3,(H,30,34)(H,32,33)/b5-4-,20-12+. The molecule has 0 radical (unpaired) electrons. The predicted molar refractivity (Wildman–Crippen MR) is 128 cm³/mol. The number of carbonyl (C=O) groups excluding carboxylic acids is 1. The summed E-state index contributed by atoms with van der Waals surface area (Å²) in [4.78, 5) is 24.9. The van der Waals surface area contributed by atoms with Crippen LogP contribution in [0.15, 0.2) is 66.9 Å². The number of hydrogen-bond donors (Lipinski definition) is 3. The van der Waals surface area contributed by atoms with Crippen molar-refractivity contribution in [3.63, 3.8) is 0 Å². The highest BCUT2D eigenvalue weighted by Crippen LogP contribution is 2.52. The van der Waals surface area contributed by atoms with E-state index < -0.39 is 24.3 Å². The molecule has 1 heterocycles. The van der Waals surface area contributed by atoms with Crippen LogP contribution in [-0.4, -0.2) is 28.4 Å². The van der Waals surface area contributed by atoms with Gasteiger partial charge in [-0.05, 0) is 71.9 Å². The van der Waals surface area contributed by atoms with Gasteiger partial charge in [0.15, 0.2) is 11.5 Å². The number of fused-ring (bicyclic) bond motifs is 1. The van der Waals surface area contributed by atoms with Crippen LogP contribution in [0, 0.1) is 0 Å². The average molecular weight is 497 g/mol. The van der Waals surface area contributed by atoms with Crippen molar-refractivity contribution in [1.82, 2.24) is 5.32 Å². The fourth-order valence-electron chi connectivity index (χ4n) is 4.02. The van der Waals surface area contributed by atoms with Crippen LogP contribution in [0.3, 0.4) is 0 Å². The Kier molecular flexibility index (Phi) is 6.69. The molecule has 0 spiro atoms. The second-order valence-corrected chi connectivity index (χ2v) is 8.64. The lowest BCUT2D eigenvalue weighted by molar-refractivity contribution is -0.286. The molecule has 1 aliphatic carbocycles. The smallest absolute Gasteiger partial charge is 0.478 e. The van der Waals surface area contributed by atoms with Crippen molar-refractivity contribution in [2.24, 2.45) is 0 Å². The molecule has 2 aromatic carbocycles. The van der Waals surface area contributed by atoms with E-state index in [1.54, 1.807) is 24.3 Å². The topological polar surface area (TPSA) is 105 Å². The molecule has 1 aliphatic heterocycles. The number of carbonyl (C=O) groups is 2. The number of nitrogens with one attached hydrogen (secondary N) is 1. The van der Waals surface area contributed by atoms with Gasteiger partial charge in [-0.1, -0.05) is 37.8 Å². The number of carboxylic acids is 1. The summed E-state index contributed by atoms with van der Waals surface area (Å²) in [6.45, 7) is 5.53. The van der Waals surface area contributed by atoms with Gasteiger partial charge in [0.25, 0.3) is 0 Å². The molecule has 7 nitrogen and oxygen atoms in total. The Bertz CT molecular complexity index is 1290. The van der Waals surface area contributed by atoms with E-state index in [1.807, 2.05) is 13.0 Å². The molecule has 0 unspecified atom stereocenters. The molecule has 1 amide bonds. The van der Waals surface area contributed by atoms with Crippen molar-refractivity contribution in [2.75, 3.05) is 0 Å². The van der Waals surface area contributed by atoms with Gasteiger partial charge in [-0.2, -0.15) is 0 Å². The first kappa shape index (κ1) is 25.1. The second-order valence-electron chi connectivity index (χ2n) is 8.64. The Morgan fingerprint density at radius 1 is 1.14 bits per heavy atom. The zero-order chi connectivity index (χ0) is 26.1. The summed E-state index contributed by atoms with van der Waals surface area (Å²) >= 11 is 0. The number of aromatic carboxylic acids is 1. The molecule has 3 N–H and O–H groups in total. The van der Waals surface area contributed by atoms with E-state index in [-0.39, 0.29) is 28.5 Å². The minimum Gasteiger partial charge on any atom is -0.478 e. The summed E-state index contributed by atoms with van der Waals surface area (Å²) < 4.78 is 35.8. The molecular formula is C27H25F2NO6. The molecule has 4 rings (SSSR count). The van der Waals surface area contributed by atoms with Gasteiger partial charge in [0.2, 0.25) is 5.91 Å². The lowest BCUT2D eigenvalue weighted by Crippen LogP contribution is -2.33. The number of alkyl halides is 2. The monoisotopic (exact) mass is 497 g/mol. The van der Waals surface area contributed by atoms with Gasteiger partial charge in [0.1, 0.15) is 0 Å². The van der Waals surface area contributed by atoms with Gasteiger partial charge in [-0.15, -0.1) is 8.78 Å². The number of allylic oxidation sites excluding steroid dienone is 4. The number of hydrogen-bond acceptors (Lipinski definition) is 5. The molecule has 0 saturated heterocycles. The quantitative estimate of drug-likeness (QED) is 0.425. The van der Waals surface area contributed by atoms with E-state index in [0.29, 0.717) is 41.7 Å². The van der Waals surface area contributed by atoms with Gasteiger partial charge >= 0.3 is 12.3 Å². The fourth-order valence-corrected chi connectivity index (χ4v) is 4.02. The molecule has 36 heavy (non-hydrogen) atoms. The third-order valence-corrected chi connectivity index (χ3v) is 6.14. The minimum atomic E-state index is -3.74. The molecule has 0 atom stereocenters. The van der Waals surface area contributed by atoms with Crippen molar-refractivity contribution in [3.05, 3.63) is 89.2 Å². The van der Waals surface area contributed by atoms with Crippen LogP contribution in [0.2, 0.25) is 0 Å². The molecule has 188 valence electrons. The number of benzene rings is 2. The van der Waals surface area contributed by atoms with E-state index >= 15 is 0 Å². The second kappa shape index (κ2) is 9.58. The molecule has 1 saturated carbocycles. The predicted octanol–water partition coefficient (Wildman–Crippen LogP) is 4.91. The van der Waals surface area contributed by atoms with Gasteiger partial charge < -0.3 is 25.0 Å². The van der Waals surface area contributed by atoms with E-state index in [1.165, 1.54) is 24.3 Å². The molecule has 0 aromatic heterocycles. The highest BCUT2D eigenvalue weighted by atomic mass is 19.3. The van der Waals surface area contributed by atoms with E-state index in [2.05, 4.69) is 21.4 Å². The lowest BCUT2D eigenvalue weighted by Gasteiger charge is -2.17. The first-order valence-corrected chi connectivity index (χ1v) is 11.3. The van der Waals surface area contributed by atoms with E-state index in [9.17, 15) is 28.6 Å². The number of halogens is 2. The summed E-state index contributed by atoms with van der Waals surface area (Å²) in [5, 5.41) is 21.7. The minimum absolute atomic E-state index is 0.0374. The Labute approximate surface area is 206 Å². The Morgan fingerprint density at radius 2 is 1.86 bits per heavy atom. The normalized spacial score (nSPS) is 17.2. The highest BCUT2D eigenvalue weighted by molar-refractivity contribution is 5.94. The van der Waals surface area contributed by atoms with Gasteiger partial charge in [-0.25, -0.2) is 4.79 Å². The van der Waals surface area contributed by atoms with Crippen molar-refractivity contribution < 1.29 is 38.1 Å². The first-order valence-electron chi connectivity index (χ1n) is 11.3. The molecule has 2 aromatic rings.